The van der Waals surface area contributed by atoms with Gasteiger partial charge in [-0.25, -0.2) is 9.18 Å². The van der Waals surface area contributed by atoms with Crippen LogP contribution in [0.1, 0.15) is 24.3 Å². The maximum Gasteiger partial charge on any atom is 0.320 e. The van der Waals surface area contributed by atoms with Gasteiger partial charge < -0.3 is 20.2 Å². The number of carbonyl (C=O) groups excluding carboxylic acids is 2. The van der Waals surface area contributed by atoms with Crippen molar-refractivity contribution >= 4 is 23.5 Å². The number of aliphatic hydroxyl groups is 1. The van der Waals surface area contributed by atoms with E-state index in [0.29, 0.717) is 44.0 Å². The molecule has 2 aliphatic rings. The fraction of sp³-hybridized carbons (Fsp3) is 0.391. The van der Waals surface area contributed by atoms with Crippen molar-refractivity contribution in [2.24, 2.45) is 0 Å². The van der Waals surface area contributed by atoms with E-state index in [1.807, 2.05) is 24.3 Å². The molecule has 6 nitrogen and oxygen atoms in total. The summed E-state index contributed by atoms with van der Waals surface area (Å²) in [5, 5.41) is 12.6. The van der Waals surface area contributed by atoms with Crippen LogP contribution in [0.15, 0.2) is 42.5 Å². The minimum Gasteiger partial charge on any atom is -0.394 e. The number of likely N-dealkylation sites (tertiary alicyclic amines) is 1. The molecule has 3 amide bonds. The van der Waals surface area contributed by atoms with Crippen molar-refractivity contribution in [1.82, 2.24) is 15.1 Å². The van der Waals surface area contributed by atoms with Gasteiger partial charge in [0.05, 0.1) is 17.7 Å². The predicted octanol–water partition coefficient (Wildman–Crippen LogP) is 3.24. The highest BCUT2D eigenvalue weighted by Gasteiger charge is 2.35. The van der Waals surface area contributed by atoms with Crippen molar-refractivity contribution in [1.29, 1.82) is 0 Å². The second-order valence-corrected chi connectivity index (χ2v) is 8.53. The van der Waals surface area contributed by atoms with Gasteiger partial charge in [-0.05, 0) is 35.7 Å². The molecule has 164 valence electrons. The summed E-state index contributed by atoms with van der Waals surface area (Å²) < 4.78 is 13.3. The summed E-state index contributed by atoms with van der Waals surface area (Å²) in [5.74, 6) is -0.192. The number of carbonyl (C=O) groups is 2. The Labute approximate surface area is 185 Å². The number of hydrogen-bond donors (Lipinski definition) is 2. The van der Waals surface area contributed by atoms with Crippen molar-refractivity contribution in [3.05, 3.63) is 58.9 Å². The topological polar surface area (TPSA) is 72.9 Å². The molecule has 2 aromatic rings. The van der Waals surface area contributed by atoms with Gasteiger partial charge in [-0.1, -0.05) is 35.9 Å². The van der Waals surface area contributed by atoms with Crippen molar-refractivity contribution in [3.8, 4) is 11.1 Å². The lowest BCUT2D eigenvalue weighted by molar-refractivity contribution is -0.122. The molecule has 0 aromatic heterocycles. The molecule has 2 N–H and O–H groups in total. The van der Waals surface area contributed by atoms with Crippen molar-refractivity contribution in [3.63, 3.8) is 0 Å². The highest BCUT2D eigenvalue weighted by molar-refractivity contribution is 6.33. The molecule has 2 saturated heterocycles. The zero-order valence-corrected chi connectivity index (χ0v) is 17.8. The number of hydrogen-bond acceptors (Lipinski definition) is 3. The molecule has 2 aliphatic heterocycles. The molecule has 0 saturated carbocycles. The minimum absolute atomic E-state index is 0.0550. The van der Waals surface area contributed by atoms with Gasteiger partial charge in [0.25, 0.3) is 0 Å². The van der Waals surface area contributed by atoms with Crippen LogP contribution >= 0.6 is 11.6 Å². The number of rotatable bonds is 3. The molecule has 0 aliphatic carbocycles. The van der Waals surface area contributed by atoms with Gasteiger partial charge >= 0.3 is 6.03 Å². The summed E-state index contributed by atoms with van der Waals surface area (Å²) in [4.78, 5) is 28.1. The Kier molecular flexibility index (Phi) is 6.43. The molecule has 4 rings (SSSR count). The van der Waals surface area contributed by atoms with E-state index < -0.39 is 6.04 Å². The second-order valence-electron chi connectivity index (χ2n) is 8.13. The molecule has 2 aromatic carbocycles. The number of amides is 3. The molecule has 0 radical (unpaired) electrons. The van der Waals surface area contributed by atoms with E-state index in [9.17, 15) is 19.1 Å². The summed E-state index contributed by atoms with van der Waals surface area (Å²) in [6.07, 6.45) is 0.966. The van der Waals surface area contributed by atoms with Gasteiger partial charge in [0.2, 0.25) is 5.91 Å². The zero-order chi connectivity index (χ0) is 22.0. The van der Waals surface area contributed by atoms with Gasteiger partial charge in [-0.2, -0.15) is 0 Å². The summed E-state index contributed by atoms with van der Waals surface area (Å²) >= 11 is 6.16. The van der Waals surface area contributed by atoms with E-state index in [1.54, 1.807) is 15.9 Å². The van der Waals surface area contributed by atoms with E-state index >= 15 is 0 Å². The Balaban J connectivity index is 1.36. The summed E-state index contributed by atoms with van der Waals surface area (Å²) in [7, 11) is 0. The normalized spacial score (nSPS) is 20.0. The molecule has 0 bridgehead atoms. The third-order valence-electron chi connectivity index (χ3n) is 5.90. The minimum atomic E-state index is -0.431. The third-order valence-corrected chi connectivity index (χ3v) is 6.22. The van der Waals surface area contributed by atoms with Crippen LogP contribution in [0.25, 0.3) is 11.1 Å². The first-order valence-corrected chi connectivity index (χ1v) is 10.8. The van der Waals surface area contributed by atoms with Crippen LogP contribution in [-0.2, 0) is 4.79 Å². The standard InChI is InChI=1S/C23H25ClFN3O3/c24-21-10-18(25)7-8-20(21)16-5-3-15(4-6-16)17-11-28(12-17)23(31)27-9-1-2-22(30)26-19(13-27)14-29/h3-8,10,17,19,29H,1-2,9,11-14H2,(H,26,30)/t19-/m1/s1. The number of nitrogens with one attached hydrogen (secondary N) is 1. The van der Waals surface area contributed by atoms with Crippen LogP contribution in [0.4, 0.5) is 9.18 Å². The molecule has 2 heterocycles. The van der Waals surface area contributed by atoms with E-state index in [2.05, 4.69) is 5.32 Å². The molecule has 31 heavy (non-hydrogen) atoms. The third kappa shape index (κ3) is 4.83. The average molecular weight is 446 g/mol. The molecule has 8 heteroatoms. The summed E-state index contributed by atoms with van der Waals surface area (Å²) in [6, 6.07) is 11.9. The quantitative estimate of drug-likeness (QED) is 0.761. The number of nitrogens with zero attached hydrogens (tertiary/aromatic N) is 2. The molecule has 1 atom stereocenters. The van der Waals surface area contributed by atoms with Gasteiger partial charge in [0.1, 0.15) is 5.82 Å². The summed E-state index contributed by atoms with van der Waals surface area (Å²) in [5.41, 5.74) is 2.83. The van der Waals surface area contributed by atoms with Crippen LogP contribution in [0.5, 0.6) is 0 Å². The first-order valence-electron chi connectivity index (χ1n) is 10.4. The second kappa shape index (κ2) is 9.24. The lowest BCUT2D eigenvalue weighted by Gasteiger charge is -2.43. The largest absolute Gasteiger partial charge is 0.394 e. The predicted molar refractivity (Wildman–Crippen MR) is 116 cm³/mol. The van der Waals surface area contributed by atoms with Crippen molar-refractivity contribution in [2.45, 2.75) is 24.8 Å². The van der Waals surface area contributed by atoms with Crippen LogP contribution in [0, 0.1) is 5.82 Å². The number of halogens is 2. The van der Waals surface area contributed by atoms with Gasteiger partial charge in [0.15, 0.2) is 0 Å². The zero-order valence-electron chi connectivity index (χ0n) is 17.1. The molecule has 2 fully saturated rings. The van der Waals surface area contributed by atoms with Crippen LogP contribution < -0.4 is 5.32 Å². The smallest absolute Gasteiger partial charge is 0.320 e. The van der Waals surface area contributed by atoms with Gasteiger partial charge in [0, 0.05) is 44.1 Å². The van der Waals surface area contributed by atoms with Gasteiger partial charge in [-0.15, -0.1) is 0 Å². The molecular formula is C23H25ClFN3O3. The van der Waals surface area contributed by atoms with E-state index in [-0.39, 0.29) is 30.3 Å². The summed E-state index contributed by atoms with van der Waals surface area (Å²) in [6.45, 7) is 1.89. The lowest BCUT2D eigenvalue weighted by atomic mass is 9.90. The number of aliphatic hydroxyl groups excluding tert-OH is 1. The van der Waals surface area contributed by atoms with Gasteiger partial charge in [-0.3, -0.25) is 4.79 Å². The van der Waals surface area contributed by atoms with Crippen molar-refractivity contribution in [2.75, 3.05) is 32.8 Å². The fourth-order valence-corrected chi connectivity index (χ4v) is 4.39. The lowest BCUT2D eigenvalue weighted by Crippen LogP contribution is -2.57. The molecule has 0 unspecified atom stereocenters. The Morgan fingerprint density at radius 1 is 1.13 bits per heavy atom. The Hall–Kier alpha value is -2.64. The maximum atomic E-state index is 13.3. The fourth-order valence-electron chi connectivity index (χ4n) is 4.11. The number of urea groups is 1. The highest BCUT2D eigenvalue weighted by Crippen LogP contribution is 2.32. The molecule has 0 spiro atoms. The molecular weight excluding hydrogens is 421 g/mol. The Morgan fingerprint density at radius 2 is 1.87 bits per heavy atom. The first-order chi connectivity index (χ1) is 14.9. The number of benzene rings is 2. The Morgan fingerprint density at radius 3 is 2.55 bits per heavy atom. The maximum absolute atomic E-state index is 13.3. The van der Waals surface area contributed by atoms with E-state index in [0.717, 1.165) is 16.7 Å². The Bertz CT molecular complexity index is 963. The van der Waals surface area contributed by atoms with Crippen LogP contribution in [0.2, 0.25) is 5.02 Å². The van der Waals surface area contributed by atoms with E-state index in [1.165, 1.54) is 12.1 Å². The van der Waals surface area contributed by atoms with E-state index in [4.69, 9.17) is 11.6 Å². The average Bonchev–Trinajstić information content (AvgIpc) is 2.70. The SMILES string of the molecule is O=C1CCCN(C(=O)N2CC(c3ccc(-c4ccc(F)cc4Cl)cc3)C2)C[C@H](CO)N1. The van der Waals surface area contributed by atoms with Crippen molar-refractivity contribution < 1.29 is 19.1 Å². The van der Waals surface area contributed by atoms with Crippen LogP contribution in [0.3, 0.4) is 0 Å². The monoisotopic (exact) mass is 445 g/mol. The van der Waals surface area contributed by atoms with Crippen LogP contribution in [-0.4, -0.2) is 65.7 Å². The first kappa shape index (κ1) is 21.6. The highest BCUT2D eigenvalue weighted by atomic mass is 35.5.